The van der Waals surface area contributed by atoms with Crippen LogP contribution in [0.1, 0.15) is 27.2 Å². The summed E-state index contributed by atoms with van der Waals surface area (Å²) in [6.07, 6.45) is 1.57. The van der Waals surface area contributed by atoms with Gasteiger partial charge in [-0.3, -0.25) is 14.6 Å². The monoisotopic (exact) mass is 451 g/mol. The van der Waals surface area contributed by atoms with Gasteiger partial charge in [0, 0.05) is 34.5 Å². The van der Waals surface area contributed by atoms with Crippen LogP contribution in [0.4, 0.5) is 5.69 Å². The van der Waals surface area contributed by atoms with Gasteiger partial charge >= 0.3 is 0 Å². The van der Waals surface area contributed by atoms with E-state index in [0.717, 1.165) is 22.3 Å². The average molecular weight is 452 g/mol. The molecule has 4 rings (SSSR count). The van der Waals surface area contributed by atoms with Gasteiger partial charge in [-0.1, -0.05) is 47.0 Å². The van der Waals surface area contributed by atoms with E-state index < -0.39 is 11.7 Å². The standard InChI is InChI=1S/C24H19Cl2N3O2/c1-14-3-8-20-19(11-14)21(22(30)24(31)28-18-9-10-27-15(2)12-18)23(26)29(20)13-16-4-6-17(25)7-5-16/h3-12H,13H2,1-2H3,(H,27,28,31). The molecule has 31 heavy (non-hydrogen) atoms. The molecule has 0 spiro atoms. The van der Waals surface area contributed by atoms with Gasteiger partial charge in [0.15, 0.2) is 0 Å². The maximum absolute atomic E-state index is 13.1. The van der Waals surface area contributed by atoms with Gasteiger partial charge in [0.05, 0.1) is 11.1 Å². The molecule has 1 N–H and O–H groups in total. The number of aromatic nitrogens is 2. The number of amides is 1. The number of carbonyl (C=O) groups excluding carboxylic acids is 2. The summed E-state index contributed by atoms with van der Waals surface area (Å²) in [6.45, 7) is 4.17. The van der Waals surface area contributed by atoms with Gasteiger partial charge in [0.25, 0.3) is 11.7 Å². The normalized spacial score (nSPS) is 11.0. The van der Waals surface area contributed by atoms with Gasteiger partial charge in [-0.2, -0.15) is 0 Å². The second-order valence-electron chi connectivity index (χ2n) is 7.37. The van der Waals surface area contributed by atoms with E-state index in [1.165, 1.54) is 0 Å². The van der Waals surface area contributed by atoms with Gasteiger partial charge in [-0.05, 0) is 55.8 Å². The van der Waals surface area contributed by atoms with Crippen molar-refractivity contribution in [2.45, 2.75) is 20.4 Å². The molecular weight excluding hydrogens is 433 g/mol. The summed E-state index contributed by atoms with van der Waals surface area (Å²) in [5.74, 6) is -1.44. The molecule has 1 amide bonds. The number of benzene rings is 2. The number of Topliss-reactive ketones (excluding diaryl/α,β-unsaturated/α-hetero) is 1. The summed E-state index contributed by atoms with van der Waals surface area (Å²) in [5.41, 5.74) is 4.15. The van der Waals surface area contributed by atoms with Crippen LogP contribution in [0, 0.1) is 13.8 Å². The highest BCUT2D eigenvalue weighted by Crippen LogP contribution is 2.32. The predicted molar refractivity (Wildman–Crippen MR) is 124 cm³/mol. The molecule has 156 valence electrons. The van der Waals surface area contributed by atoms with Crippen molar-refractivity contribution in [1.29, 1.82) is 0 Å². The Bertz CT molecular complexity index is 1310. The Balaban J connectivity index is 1.75. The molecule has 5 nitrogen and oxygen atoms in total. The Kier molecular flexibility index (Phi) is 5.81. The minimum Gasteiger partial charge on any atom is -0.327 e. The van der Waals surface area contributed by atoms with Crippen LogP contribution in [0.3, 0.4) is 0 Å². The van der Waals surface area contributed by atoms with Crippen LogP contribution in [0.2, 0.25) is 10.2 Å². The van der Waals surface area contributed by atoms with Crippen molar-refractivity contribution in [2.24, 2.45) is 0 Å². The summed E-state index contributed by atoms with van der Waals surface area (Å²) in [6, 6.07) is 16.5. The number of halogens is 2. The lowest BCUT2D eigenvalue weighted by atomic mass is 10.1. The molecule has 0 fully saturated rings. The smallest absolute Gasteiger partial charge is 0.296 e. The highest BCUT2D eigenvalue weighted by molar-refractivity contribution is 6.51. The van der Waals surface area contributed by atoms with E-state index in [4.69, 9.17) is 23.2 Å². The first-order chi connectivity index (χ1) is 14.8. The molecule has 2 heterocycles. The molecule has 0 atom stereocenters. The fourth-order valence-electron chi connectivity index (χ4n) is 3.51. The summed E-state index contributed by atoms with van der Waals surface area (Å²) in [4.78, 5) is 30.0. The topological polar surface area (TPSA) is 64.0 Å². The molecule has 2 aromatic carbocycles. The number of aryl methyl sites for hydroxylation is 2. The number of pyridine rings is 1. The van der Waals surface area contributed by atoms with E-state index in [1.807, 2.05) is 48.7 Å². The second-order valence-corrected chi connectivity index (χ2v) is 8.16. The number of ketones is 1. The van der Waals surface area contributed by atoms with Crippen molar-refractivity contribution in [2.75, 3.05) is 5.32 Å². The van der Waals surface area contributed by atoms with Crippen molar-refractivity contribution in [1.82, 2.24) is 9.55 Å². The number of hydrogen-bond donors (Lipinski definition) is 1. The fourth-order valence-corrected chi connectivity index (χ4v) is 3.97. The molecule has 0 unspecified atom stereocenters. The van der Waals surface area contributed by atoms with Gasteiger partial charge in [0.1, 0.15) is 5.15 Å². The highest BCUT2D eigenvalue weighted by atomic mass is 35.5. The third-order valence-corrected chi connectivity index (χ3v) is 5.64. The Morgan fingerprint density at radius 3 is 2.45 bits per heavy atom. The second kappa shape index (κ2) is 8.53. The van der Waals surface area contributed by atoms with Crippen molar-refractivity contribution in [3.63, 3.8) is 0 Å². The maximum Gasteiger partial charge on any atom is 0.296 e. The van der Waals surface area contributed by atoms with E-state index in [9.17, 15) is 9.59 Å². The Labute approximate surface area is 189 Å². The largest absolute Gasteiger partial charge is 0.327 e. The molecule has 7 heteroatoms. The van der Waals surface area contributed by atoms with Gasteiger partial charge < -0.3 is 9.88 Å². The van der Waals surface area contributed by atoms with Gasteiger partial charge in [-0.15, -0.1) is 0 Å². The molecule has 0 radical (unpaired) electrons. The zero-order chi connectivity index (χ0) is 22.1. The molecule has 0 saturated heterocycles. The van der Waals surface area contributed by atoms with Crippen LogP contribution in [-0.4, -0.2) is 21.2 Å². The quantitative estimate of drug-likeness (QED) is 0.306. The summed E-state index contributed by atoms with van der Waals surface area (Å²) < 4.78 is 1.83. The Morgan fingerprint density at radius 1 is 1.00 bits per heavy atom. The zero-order valence-corrected chi connectivity index (χ0v) is 18.5. The van der Waals surface area contributed by atoms with Crippen LogP contribution in [-0.2, 0) is 11.3 Å². The first-order valence-corrected chi connectivity index (χ1v) is 10.4. The molecule has 0 saturated carbocycles. The number of hydrogen-bond acceptors (Lipinski definition) is 3. The third-order valence-electron chi connectivity index (χ3n) is 5.00. The molecule has 2 aromatic heterocycles. The average Bonchev–Trinajstić information content (AvgIpc) is 2.99. The lowest BCUT2D eigenvalue weighted by Gasteiger charge is -2.08. The lowest BCUT2D eigenvalue weighted by Crippen LogP contribution is -2.23. The number of carbonyl (C=O) groups is 2. The van der Waals surface area contributed by atoms with Gasteiger partial charge in [-0.25, -0.2) is 0 Å². The van der Waals surface area contributed by atoms with E-state index in [2.05, 4.69) is 10.3 Å². The maximum atomic E-state index is 13.1. The van der Waals surface area contributed by atoms with Crippen LogP contribution in [0.15, 0.2) is 60.8 Å². The van der Waals surface area contributed by atoms with Crippen LogP contribution >= 0.6 is 23.2 Å². The number of nitrogens with one attached hydrogen (secondary N) is 1. The first-order valence-electron chi connectivity index (χ1n) is 9.64. The minimum absolute atomic E-state index is 0.192. The molecule has 4 aromatic rings. The lowest BCUT2D eigenvalue weighted by molar-refractivity contribution is -0.112. The molecule has 0 aliphatic rings. The number of rotatable bonds is 5. The highest BCUT2D eigenvalue weighted by Gasteiger charge is 2.26. The van der Waals surface area contributed by atoms with Crippen LogP contribution in [0.25, 0.3) is 10.9 Å². The van der Waals surface area contributed by atoms with Gasteiger partial charge in [0.2, 0.25) is 0 Å². The SMILES string of the molecule is Cc1ccc2c(c1)c(C(=O)C(=O)Nc1ccnc(C)c1)c(Cl)n2Cc1ccc(Cl)cc1. The Hall–Kier alpha value is -3.15. The van der Waals surface area contributed by atoms with E-state index in [0.29, 0.717) is 22.6 Å². The summed E-state index contributed by atoms with van der Waals surface area (Å²) >= 11 is 12.7. The molecule has 0 aliphatic heterocycles. The van der Waals surface area contributed by atoms with Crippen LogP contribution < -0.4 is 5.32 Å². The van der Waals surface area contributed by atoms with E-state index >= 15 is 0 Å². The fraction of sp³-hybridized carbons (Fsp3) is 0.125. The summed E-state index contributed by atoms with van der Waals surface area (Å²) in [5, 5.41) is 4.15. The Morgan fingerprint density at radius 2 is 1.74 bits per heavy atom. The molecule has 0 aliphatic carbocycles. The first kappa shape index (κ1) is 21.1. The number of nitrogens with zero attached hydrogens (tertiary/aromatic N) is 2. The predicted octanol–water partition coefficient (Wildman–Crippen LogP) is 5.83. The van der Waals surface area contributed by atoms with Crippen molar-refractivity contribution in [3.8, 4) is 0 Å². The number of anilines is 1. The minimum atomic E-state index is -0.750. The van der Waals surface area contributed by atoms with Crippen molar-refractivity contribution < 1.29 is 9.59 Å². The van der Waals surface area contributed by atoms with Crippen LogP contribution in [0.5, 0.6) is 0 Å². The third kappa shape index (κ3) is 4.33. The number of fused-ring (bicyclic) bond motifs is 1. The van der Waals surface area contributed by atoms with Crippen molar-refractivity contribution >= 4 is 51.5 Å². The summed E-state index contributed by atoms with van der Waals surface area (Å²) in [7, 11) is 0. The van der Waals surface area contributed by atoms with Crippen molar-refractivity contribution in [3.05, 3.63) is 93.4 Å². The van der Waals surface area contributed by atoms with E-state index in [-0.39, 0.29) is 10.7 Å². The molecular formula is C24H19Cl2N3O2. The zero-order valence-electron chi connectivity index (χ0n) is 16.9. The molecule has 0 bridgehead atoms. The van der Waals surface area contributed by atoms with E-state index in [1.54, 1.807) is 30.5 Å².